The van der Waals surface area contributed by atoms with Crippen molar-refractivity contribution in [3.63, 3.8) is 0 Å². The number of benzene rings is 1. The maximum atomic E-state index is 4.46. The van der Waals surface area contributed by atoms with Gasteiger partial charge in [0, 0.05) is 17.8 Å². The van der Waals surface area contributed by atoms with E-state index in [0.29, 0.717) is 5.92 Å². The molecule has 0 atom stereocenters. The Kier molecular flexibility index (Phi) is 3.82. The van der Waals surface area contributed by atoms with E-state index in [1.54, 1.807) is 0 Å². The topological polar surface area (TPSA) is 29.9 Å². The highest BCUT2D eigenvalue weighted by Crippen LogP contribution is 2.18. The van der Waals surface area contributed by atoms with Gasteiger partial charge in [0.2, 0.25) is 0 Å². The lowest BCUT2D eigenvalue weighted by atomic mass is 10.0. The summed E-state index contributed by atoms with van der Waals surface area (Å²) in [7, 11) is 1.95. The van der Waals surface area contributed by atoms with Crippen LogP contribution in [0.4, 0.5) is 0 Å². The molecule has 0 bridgehead atoms. The van der Waals surface area contributed by atoms with E-state index in [2.05, 4.69) is 55.5 Å². The van der Waals surface area contributed by atoms with Crippen LogP contribution in [-0.2, 0) is 6.54 Å². The highest BCUT2D eigenvalue weighted by atomic mass is 15.3. The first-order valence-corrected chi connectivity index (χ1v) is 6.42. The monoisotopic (exact) mass is 243 g/mol. The van der Waals surface area contributed by atoms with E-state index >= 15 is 0 Å². The fraction of sp³-hybridized carbons (Fsp3) is 0.400. The third kappa shape index (κ3) is 2.46. The van der Waals surface area contributed by atoms with Gasteiger partial charge in [0.25, 0.3) is 0 Å². The smallest absolute Gasteiger partial charge is 0.0648 e. The highest BCUT2D eigenvalue weighted by molar-refractivity contribution is 5.37. The molecule has 96 valence electrons. The average Bonchev–Trinajstić information content (AvgIpc) is 2.72. The summed E-state index contributed by atoms with van der Waals surface area (Å²) in [5, 5.41) is 7.62. The molecular weight excluding hydrogens is 222 g/mol. The molecule has 0 spiro atoms. The first-order valence-electron chi connectivity index (χ1n) is 6.42. The largest absolute Gasteiger partial charge is 0.316 e. The molecule has 1 heterocycles. The second-order valence-corrected chi connectivity index (χ2v) is 4.94. The zero-order valence-corrected chi connectivity index (χ0v) is 11.6. The van der Waals surface area contributed by atoms with Gasteiger partial charge in [-0.15, -0.1) is 0 Å². The molecule has 0 radical (unpaired) electrons. The van der Waals surface area contributed by atoms with Crippen LogP contribution in [0.2, 0.25) is 0 Å². The second-order valence-electron chi connectivity index (χ2n) is 4.94. The van der Waals surface area contributed by atoms with Gasteiger partial charge in [-0.05, 0) is 37.6 Å². The summed E-state index contributed by atoms with van der Waals surface area (Å²) in [4.78, 5) is 0. The first kappa shape index (κ1) is 12.8. The van der Waals surface area contributed by atoms with Crippen LogP contribution in [0.1, 0.15) is 36.6 Å². The van der Waals surface area contributed by atoms with Crippen LogP contribution in [0, 0.1) is 6.92 Å². The van der Waals surface area contributed by atoms with E-state index in [-0.39, 0.29) is 0 Å². The summed E-state index contributed by atoms with van der Waals surface area (Å²) in [5.41, 5.74) is 4.92. The standard InChI is InChI=1S/C15H21N3/c1-11(2)13-5-7-15(8-6-13)18-12(3)14(9-16-4)10-17-18/h5-8,10-11,16H,9H2,1-4H3. The number of rotatable bonds is 4. The van der Waals surface area contributed by atoms with Crippen molar-refractivity contribution in [1.82, 2.24) is 15.1 Å². The maximum absolute atomic E-state index is 4.46. The van der Waals surface area contributed by atoms with E-state index in [1.807, 2.05) is 17.9 Å². The predicted octanol–water partition coefficient (Wildman–Crippen LogP) is 3.02. The molecule has 1 N–H and O–H groups in total. The van der Waals surface area contributed by atoms with Crippen LogP contribution in [0.25, 0.3) is 5.69 Å². The summed E-state index contributed by atoms with van der Waals surface area (Å²) >= 11 is 0. The van der Waals surface area contributed by atoms with E-state index in [1.165, 1.54) is 16.8 Å². The zero-order valence-electron chi connectivity index (χ0n) is 11.6. The number of hydrogen-bond donors (Lipinski definition) is 1. The van der Waals surface area contributed by atoms with Crippen LogP contribution in [0.5, 0.6) is 0 Å². The third-order valence-electron chi connectivity index (χ3n) is 3.28. The minimum absolute atomic E-state index is 0.567. The van der Waals surface area contributed by atoms with E-state index in [9.17, 15) is 0 Å². The Morgan fingerprint density at radius 3 is 2.44 bits per heavy atom. The van der Waals surface area contributed by atoms with Crippen molar-refractivity contribution in [1.29, 1.82) is 0 Å². The summed E-state index contributed by atoms with van der Waals surface area (Å²) in [5.74, 6) is 0.567. The van der Waals surface area contributed by atoms with E-state index < -0.39 is 0 Å². The Bertz CT molecular complexity index is 509. The van der Waals surface area contributed by atoms with Gasteiger partial charge >= 0.3 is 0 Å². The Hall–Kier alpha value is -1.61. The van der Waals surface area contributed by atoms with Crippen molar-refractivity contribution in [2.45, 2.75) is 33.2 Å². The molecule has 0 aliphatic rings. The lowest BCUT2D eigenvalue weighted by molar-refractivity contribution is 0.800. The molecule has 18 heavy (non-hydrogen) atoms. The van der Waals surface area contributed by atoms with Crippen molar-refractivity contribution in [2.75, 3.05) is 7.05 Å². The normalized spacial score (nSPS) is 11.2. The summed E-state index contributed by atoms with van der Waals surface area (Å²) in [6.45, 7) is 7.38. The molecule has 3 heteroatoms. The molecule has 0 saturated heterocycles. The van der Waals surface area contributed by atoms with Gasteiger partial charge in [-0.2, -0.15) is 5.10 Å². The van der Waals surface area contributed by atoms with Gasteiger partial charge < -0.3 is 5.32 Å². The Morgan fingerprint density at radius 2 is 1.89 bits per heavy atom. The van der Waals surface area contributed by atoms with Crippen molar-refractivity contribution < 1.29 is 0 Å². The zero-order chi connectivity index (χ0) is 13.1. The Labute approximate surface area is 109 Å². The number of nitrogens with one attached hydrogen (secondary N) is 1. The number of nitrogens with zero attached hydrogens (tertiary/aromatic N) is 2. The quantitative estimate of drug-likeness (QED) is 0.894. The van der Waals surface area contributed by atoms with Crippen molar-refractivity contribution in [3.05, 3.63) is 47.3 Å². The van der Waals surface area contributed by atoms with Gasteiger partial charge in [0.15, 0.2) is 0 Å². The van der Waals surface area contributed by atoms with Crippen LogP contribution in [0.15, 0.2) is 30.5 Å². The van der Waals surface area contributed by atoms with Crippen LogP contribution >= 0.6 is 0 Å². The van der Waals surface area contributed by atoms with Gasteiger partial charge in [0.05, 0.1) is 11.9 Å². The third-order valence-corrected chi connectivity index (χ3v) is 3.28. The van der Waals surface area contributed by atoms with E-state index in [0.717, 1.165) is 12.2 Å². The van der Waals surface area contributed by atoms with Crippen molar-refractivity contribution in [2.24, 2.45) is 0 Å². The minimum atomic E-state index is 0.567. The lowest BCUT2D eigenvalue weighted by Crippen LogP contribution is -2.06. The summed E-state index contributed by atoms with van der Waals surface area (Å²) in [6, 6.07) is 8.63. The Balaban J connectivity index is 2.31. The number of hydrogen-bond acceptors (Lipinski definition) is 2. The lowest BCUT2D eigenvalue weighted by Gasteiger charge is -2.09. The molecule has 2 aromatic rings. The fourth-order valence-electron chi connectivity index (χ4n) is 2.07. The minimum Gasteiger partial charge on any atom is -0.316 e. The fourth-order valence-corrected chi connectivity index (χ4v) is 2.07. The molecule has 0 aliphatic carbocycles. The molecule has 3 nitrogen and oxygen atoms in total. The number of aromatic nitrogens is 2. The SMILES string of the molecule is CNCc1cnn(-c2ccc(C(C)C)cc2)c1C. The molecular formula is C15H21N3. The van der Waals surface area contributed by atoms with Crippen LogP contribution < -0.4 is 5.32 Å². The molecule has 1 aromatic heterocycles. The van der Waals surface area contributed by atoms with Gasteiger partial charge in [0.1, 0.15) is 0 Å². The molecule has 0 fully saturated rings. The molecule has 0 saturated carbocycles. The van der Waals surface area contributed by atoms with Crippen LogP contribution in [-0.4, -0.2) is 16.8 Å². The molecule has 2 rings (SSSR count). The second kappa shape index (κ2) is 5.36. The van der Waals surface area contributed by atoms with E-state index in [4.69, 9.17) is 0 Å². The molecule has 0 unspecified atom stereocenters. The maximum Gasteiger partial charge on any atom is 0.0648 e. The summed E-state index contributed by atoms with van der Waals surface area (Å²) < 4.78 is 2.00. The average molecular weight is 243 g/mol. The van der Waals surface area contributed by atoms with Crippen molar-refractivity contribution >= 4 is 0 Å². The van der Waals surface area contributed by atoms with Gasteiger partial charge in [-0.1, -0.05) is 26.0 Å². The Morgan fingerprint density at radius 1 is 1.22 bits per heavy atom. The van der Waals surface area contributed by atoms with Gasteiger partial charge in [-0.3, -0.25) is 0 Å². The summed E-state index contributed by atoms with van der Waals surface area (Å²) in [6.07, 6.45) is 1.93. The van der Waals surface area contributed by atoms with Crippen LogP contribution in [0.3, 0.4) is 0 Å². The van der Waals surface area contributed by atoms with Gasteiger partial charge in [-0.25, -0.2) is 4.68 Å². The molecule has 0 amide bonds. The molecule has 0 aliphatic heterocycles. The molecule has 1 aromatic carbocycles. The highest BCUT2D eigenvalue weighted by Gasteiger charge is 2.07. The van der Waals surface area contributed by atoms with Crippen molar-refractivity contribution in [3.8, 4) is 5.69 Å². The predicted molar refractivity (Wildman–Crippen MR) is 75.2 cm³/mol. The first-order chi connectivity index (χ1) is 8.63.